The quantitative estimate of drug-likeness (QED) is 0.284. The lowest BCUT2D eigenvalue weighted by atomic mass is 10.1. The Morgan fingerprint density at radius 1 is 1.04 bits per heavy atom. The third-order valence-corrected chi connectivity index (χ3v) is 3.67. The molecule has 1 atom stereocenters. The molecule has 0 saturated carbocycles. The fourth-order valence-electron chi connectivity index (χ4n) is 2.31. The molecule has 0 aromatic carbocycles. The number of hydrogen-bond donors (Lipinski definition) is 0. The summed E-state index contributed by atoms with van der Waals surface area (Å²) in [5.74, 6) is 0.227. The maximum Gasteiger partial charge on any atom is 0.157 e. The summed E-state index contributed by atoms with van der Waals surface area (Å²) < 4.78 is 11.1. The second kappa shape index (κ2) is 14.4. The first kappa shape index (κ1) is 19.9. The van der Waals surface area contributed by atoms with Crippen molar-refractivity contribution in [2.24, 2.45) is 0 Å². The molecule has 1 rings (SSSR count). The van der Waals surface area contributed by atoms with Crippen molar-refractivity contribution >= 4 is 5.78 Å². The van der Waals surface area contributed by atoms with E-state index in [-0.39, 0.29) is 12.1 Å². The summed E-state index contributed by atoms with van der Waals surface area (Å²) in [5.41, 5.74) is 0. The summed E-state index contributed by atoms with van der Waals surface area (Å²) in [4.78, 5) is 11.5. The molecule has 3 heteroatoms. The van der Waals surface area contributed by atoms with Crippen molar-refractivity contribution in [1.82, 2.24) is 0 Å². The van der Waals surface area contributed by atoms with E-state index in [2.05, 4.69) is 31.2 Å². The van der Waals surface area contributed by atoms with Crippen molar-refractivity contribution in [2.75, 3.05) is 13.2 Å². The summed E-state index contributed by atoms with van der Waals surface area (Å²) in [6.45, 7) is 3.57. The van der Waals surface area contributed by atoms with E-state index in [9.17, 15) is 4.79 Å². The average Bonchev–Trinajstić information content (AvgIpc) is 2.58. The monoisotopic (exact) mass is 320 g/mol. The number of ether oxygens (including phenoxy) is 2. The van der Waals surface area contributed by atoms with E-state index in [1.165, 1.54) is 6.42 Å². The van der Waals surface area contributed by atoms with Crippen LogP contribution in [-0.4, -0.2) is 25.3 Å². The Bertz CT molecular complexity index is 376. The fraction of sp³-hybridized carbons (Fsp3) is 0.650. The molecule has 23 heavy (non-hydrogen) atoms. The number of rotatable bonds is 12. The summed E-state index contributed by atoms with van der Waals surface area (Å²) in [6, 6.07) is 0. The van der Waals surface area contributed by atoms with Gasteiger partial charge >= 0.3 is 0 Å². The van der Waals surface area contributed by atoms with Crippen LogP contribution < -0.4 is 0 Å². The third-order valence-electron chi connectivity index (χ3n) is 3.67. The molecule has 0 amide bonds. The van der Waals surface area contributed by atoms with E-state index in [1.807, 2.05) is 6.08 Å². The van der Waals surface area contributed by atoms with Gasteiger partial charge in [0, 0.05) is 13.0 Å². The Kier molecular flexibility index (Phi) is 12.4. The zero-order valence-corrected chi connectivity index (χ0v) is 14.5. The van der Waals surface area contributed by atoms with E-state index >= 15 is 0 Å². The van der Waals surface area contributed by atoms with Crippen LogP contribution in [-0.2, 0) is 14.3 Å². The van der Waals surface area contributed by atoms with Gasteiger partial charge in [-0.05, 0) is 51.0 Å². The molecule has 1 aliphatic heterocycles. The summed E-state index contributed by atoms with van der Waals surface area (Å²) >= 11 is 0. The molecule has 3 nitrogen and oxygen atoms in total. The predicted octanol–water partition coefficient (Wildman–Crippen LogP) is 5.13. The van der Waals surface area contributed by atoms with Gasteiger partial charge in [-0.3, -0.25) is 4.79 Å². The van der Waals surface area contributed by atoms with Crippen LogP contribution in [0.5, 0.6) is 0 Å². The summed E-state index contributed by atoms with van der Waals surface area (Å²) in [6.07, 6.45) is 21.1. The molecule has 0 N–H and O–H groups in total. The van der Waals surface area contributed by atoms with E-state index < -0.39 is 0 Å². The van der Waals surface area contributed by atoms with E-state index in [4.69, 9.17) is 9.47 Å². The molecule has 1 heterocycles. The Morgan fingerprint density at radius 3 is 2.57 bits per heavy atom. The molecule has 130 valence electrons. The zero-order chi connectivity index (χ0) is 16.6. The van der Waals surface area contributed by atoms with Crippen LogP contribution in [0.3, 0.4) is 0 Å². The van der Waals surface area contributed by atoms with Crippen molar-refractivity contribution in [3.05, 3.63) is 36.5 Å². The zero-order valence-electron chi connectivity index (χ0n) is 14.5. The molecular formula is C20H32O3. The Morgan fingerprint density at radius 2 is 1.83 bits per heavy atom. The minimum absolute atomic E-state index is 0.00258. The van der Waals surface area contributed by atoms with Gasteiger partial charge < -0.3 is 9.47 Å². The number of unbranched alkanes of at least 4 members (excludes halogenated alkanes) is 2. The van der Waals surface area contributed by atoms with E-state index in [1.54, 1.807) is 6.08 Å². The van der Waals surface area contributed by atoms with Gasteiger partial charge in [-0.25, -0.2) is 0 Å². The molecule has 0 radical (unpaired) electrons. The molecular weight excluding hydrogens is 288 g/mol. The van der Waals surface area contributed by atoms with Gasteiger partial charge in [0.1, 0.15) is 0 Å². The smallest absolute Gasteiger partial charge is 0.157 e. The van der Waals surface area contributed by atoms with Crippen molar-refractivity contribution in [2.45, 2.75) is 71.0 Å². The van der Waals surface area contributed by atoms with Gasteiger partial charge in [0.15, 0.2) is 12.1 Å². The standard InChI is InChI=1S/C20H32O3/c1-2-3-9-14-19(21)15-10-7-5-4-6-8-12-17-22-20-16-11-13-18-23-20/h5,7-9,12,14,20H,2-4,6,10-11,13,15-18H2,1H3. The van der Waals surface area contributed by atoms with Gasteiger partial charge in [-0.15, -0.1) is 0 Å². The van der Waals surface area contributed by atoms with Crippen molar-refractivity contribution in [3.8, 4) is 0 Å². The Hall–Kier alpha value is -1.19. The highest BCUT2D eigenvalue weighted by Gasteiger charge is 2.12. The lowest BCUT2D eigenvalue weighted by Crippen LogP contribution is -2.22. The van der Waals surface area contributed by atoms with E-state index in [0.717, 1.165) is 51.6 Å². The Balaban J connectivity index is 1.93. The second-order valence-corrected chi connectivity index (χ2v) is 5.85. The average molecular weight is 320 g/mol. The SMILES string of the molecule is CCCC=CC(=O)CCC=CCCC=CCOC1CCCCO1. The first-order valence-electron chi connectivity index (χ1n) is 9.05. The molecule has 0 aromatic rings. The fourth-order valence-corrected chi connectivity index (χ4v) is 2.31. The maximum absolute atomic E-state index is 11.5. The molecule has 0 aliphatic carbocycles. The maximum atomic E-state index is 11.5. The van der Waals surface area contributed by atoms with Crippen LogP contribution in [0.4, 0.5) is 0 Å². The first-order valence-corrected chi connectivity index (χ1v) is 9.05. The molecule has 0 bridgehead atoms. The van der Waals surface area contributed by atoms with Crippen molar-refractivity contribution in [3.63, 3.8) is 0 Å². The summed E-state index contributed by atoms with van der Waals surface area (Å²) in [5, 5.41) is 0. The van der Waals surface area contributed by atoms with Gasteiger partial charge in [-0.2, -0.15) is 0 Å². The van der Waals surface area contributed by atoms with Gasteiger partial charge in [-0.1, -0.05) is 43.7 Å². The molecule has 1 unspecified atom stereocenters. The topological polar surface area (TPSA) is 35.5 Å². The van der Waals surface area contributed by atoms with Gasteiger partial charge in [0.25, 0.3) is 0 Å². The molecule has 0 spiro atoms. The molecule has 1 aliphatic rings. The Labute approximate surface area is 141 Å². The largest absolute Gasteiger partial charge is 0.353 e. The molecule has 1 fully saturated rings. The van der Waals surface area contributed by atoms with Gasteiger partial charge in [0.2, 0.25) is 0 Å². The number of carbonyl (C=O) groups is 1. The highest BCUT2D eigenvalue weighted by molar-refractivity contribution is 5.89. The second-order valence-electron chi connectivity index (χ2n) is 5.85. The number of carbonyl (C=O) groups excluding carboxylic acids is 1. The van der Waals surface area contributed by atoms with Crippen LogP contribution >= 0.6 is 0 Å². The van der Waals surface area contributed by atoms with Crippen LogP contribution in [0.1, 0.15) is 64.7 Å². The highest BCUT2D eigenvalue weighted by Crippen LogP contribution is 2.13. The van der Waals surface area contributed by atoms with E-state index in [0.29, 0.717) is 13.0 Å². The van der Waals surface area contributed by atoms with Crippen LogP contribution in [0.25, 0.3) is 0 Å². The van der Waals surface area contributed by atoms with Crippen LogP contribution in [0.2, 0.25) is 0 Å². The van der Waals surface area contributed by atoms with Crippen molar-refractivity contribution in [1.29, 1.82) is 0 Å². The summed E-state index contributed by atoms with van der Waals surface area (Å²) in [7, 11) is 0. The van der Waals surface area contributed by atoms with Crippen molar-refractivity contribution < 1.29 is 14.3 Å². The van der Waals surface area contributed by atoms with Crippen LogP contribution in [0, 0.1) is 0 Å². The first-order chi connectivity index (χ1) is 11.3. The lowest BCUT2D eigenvalue weighted by molar-refractivity contribution is -0.155. The molecule has 1 saturated heterocycles. The normalized spacial score (nSPS) is 19.3. The third kappa shape index (κ3) is 12.0. The number of allylic oxidation sites excluding steroid dienone is 5. The highest BCUT2D eigenvalue weighted by atomic mass is 16.7. The van der Waals surface area contributed by atoms with Crippen LogP contribution in [0.15, 0.2) is 36.5 Å². The predicted molar refractivity (Wildman–Crippen MR) is 95.3 cm³/mol. The minimum Gasteiger partial charge on any atom is -0.353 e. The number of ketones is 1. The molecule has 0 aromatic heterocycles. The number of hydrogen-bond acceptors (Lipinski definition) is 3. The lowest BCUT2D eigenvalue weighted by Gasteiger charge is -2.21. The minimum atomic E-state index is -0.00258. The van der Waals surface area contributed by atoms with Gasteiger partial charge in [0.05, 0.1) is 6.61 Å².